The van der Waals surface area contributed by atoms with Crippen molar-refractivity contribution in [3.8, 4) is 11.4 Å². The normalized spacial score (nSPS) is 16.9. The zero-order valence-corrected chi connectivity index (χ0v) is 15.8. The van der Waals surface area contributed by atoms with Crippen molar-refractivity contribution in [3.63, 3.8) is 0 Å². The van der Waals surface area contributed by atoms with Crippen LogP contribution >= 0.6 is 0 Å². The maximum absolute atomic E-state index is 13.0. The van der Waals surface area contributed by atoms with Crippen molar-refractivity contribution in [3.05, 3.63) is 35.9 Å². The Hall–Kier alpha value is -3.28. The van der Waals surface area contributed by atoms with Gasteiger partial charge in [-0.25, -0.2) is 9.07 Å². The van der Waals surface area contributed by atoms with Crippen LogP contribution < -0.4 is 0 Å². The van der Waals surface area contributed by atoms with E-state index in [1.54, 1.807) is 28.8 Å². The van der Waals surface area contributed by atoms with Crippen LogP contribution in [0.1, 0.15) is 24.8 Å². The number of carbonyl (C=O) groups is 1. The Morgan fingerprint density at radius 1 is 1.24 bits per heavy atom. The van der Waals surface area contributed by atoms with E-state index in [9.17, 15) is 9.18 Å². The standard InChI is InChI=1S/C17H20FN9O2/c1-25-17(20-22-24-25)14-11-26(9-10-29-14)15(28)3-2-8-27-21-16(19-23-27)12-4-6-13(18)7-5-12/h4-7,14H,2-3,8-11H2,1H3. The van der Waals surface area contributed by atoms with Gasteiger partial charge >= 0.3 is 0 Å². The first-order valence-electron chi connectivity index (χ1n) is 9.25. The Labute approximate surface area is 165 Å². The Morgan fingerprint density at radius 3 is 2.83 bits per heavy atom. The summed E-state index contributed by atoms with van der Waals surface area (Å²) in [7, 11) is 1.74. The number of tetrazole rings is 2. The topological polar surface area (TPSA) is 117 Å². The summed E-state index contributed by atoms with van der Waals surface area (Å²) in [6.07, 6.45) is 0.603. The summed E-state index contributed by atoms with van der Waals surface area (Å²) >= 11 is 0. The summed E-state index contributed by atoms with van der Waals surface area (Å²) in [5.41, 5.74) is 0.686. The lowest BCUT2D eigenvalue weighted by molar-refractivity contribution is -0.139. The van der Waals surface area contributed by atoms with E-state index in [0.717, 1.165) is 0 Å². The van der Waals surface area contributed by atoms with Gasteiger partial charge in [-0.15, -0.1) is 15.3 Å². The Bertz CT molecular complexity index is 971. The molecule has 1 aliphatic heterocycles. The van der Waals surface area contributed by atoms with Crippen LogP contribution in [-0.4, -0.2) is 70.9 Å². The summed E-state index contributed by atoms with van der Waals surface area (Å²) in [5.74, 6) is 0.736. The average Bonchev–Trinajstić information content (AvgIpc) is 3.38. The number of aryl methyl sites for hydroxylation is 2. The maximum Gasteiger partial charge on any atom is 0.222 e. The molecule has 1 unspecified atom stereocenters. The molecule has 12 heteroatoms. The highest BCUT2D eigenvalue weighted by Crippen LogP contribution is 2.20. The minimum atomic E-state index is -0.331. The Kier molecular flexibility index (Phi) is 5.51. The minimum Gasteiger partial charge on any atom is -0.366 e. The summed E-state index contributed by atoms with van der Waals surface area (Å²) in [6.45, 7) is 1.86. The molecule has 0 N–H and O–H groups in total. The fourth-order valence-corrected chi connectivity index (χ4v) is 3.12. The van der Waals surface area contributed by atoms with Gasteiger partial charge in [0.15, 0.2) is 5.82 Å². The van der Waals surface area contributed by atoms with Crippen LogP contribution in [0.2, 0.25) is 0 Å². The van der Waals surface area contributed by atoms with Crippen LogP contribution in [0.3, 0.4) is 0 Å². The van der Waals surface area contributed by atoms with E-state index in [-0.39, 0.29) is 17.8 Å². The molecule has 0 bridgehead atoms. The van der Waals surface area contributed by atoms with Gasteiger partial charge in [0.2, 0.25) is 11.7 Å². The first-order chi connectivity index (χ1) is 14.1. The summed E-state index contributed by atoms with van der Waals surface area (Å²) in [6, 6.07) is 5.89. The largest absolute Gasteiger partial charge is 0.366 e. The summed E-state index contributed by atoms with van der Waals surface area (Å²) < 4.78 is 20.3. The third-order valence-corrected chi connectivity index (χ3v) is 4.66. The molecule has 0 aliphatic carbocycles. The van der Waals surface area contributed by atoms with E-state index in [1.165, 1.54) is 16.9 Å². The second-order valence-electron chi connectivity index (χ2n) is 6.68. The van der Waals surface area contributed by atoms with Crippen molar-refractivity contribution in [2.75, 3.05) is 19.7 Å². The van der Waals surface area contributed by atoms with Gasteiger partial charge in [-0.05, 0) is 46.3 Å². The predicted octanol–water partition coefficient (Wildman–Crippen LogP) is 0.383. The van der Waals surface area contributed by atoms with Crippen LogP contribution in [0.25, 0.3) is 11.4 Å². The molecule has 3 heterocycles. The van der Waals surface area contributed by atoms with Crippen LogP contribution in [0.15, 0.2) is 24.3 Å². The number of aromatic nitrogens is 8. The molecule has 4 rings (SSSR count). The first-order valence-corrected chi connectivity index (χ1v) is 9.25. The molecule has 0 saturated carbocycles. The minimum absolute atomic E-state index is 0.0345. The van der Waals surface area contributed by atoms with Crippen molar-refractivity contribution in [2.45, 2.75) is 25.5 Å². The molecule has 1 aromatic carbocycles. The second kappa shape index (κ2) is 8.39. The predicted molar refractivity (Wildman–Crippen MR) is 96.5 cm³/mol. The first kappa shape index (κ1) is 19.1. The molecule has 1 fully saturated rings. The van der Waals surface area contributed by atoms with Gasteiger partial charge in [-0.3, -0.25) is 4.79 Å². The van der Waals surface area contributed by atoms with Gasteiger partial charge in [-0.1, -0.05) is 0 Å². The highest BCUT2D eigenvalue weighted by molar-refractivity contribution is 5.76. The Morgan fingerprint density at radius 2 is 2.07 bits per heavy atom. The molecule has 3 aromatic rings. The molecule has 11 nitrogen and oxygen atoms in total. The molecule has 2 aromatic heterocycles. The lowest BCUT2D eigenvalue weighted by Gasteiger charge is -2.32. The van der Waals surface area contributed by atoms with Gasteiger partial charge in [0.1, 0.15) is 11.9 Å². The SMILES string of the molecule is Cn1nnnc1C1CN(C(=O)CCCn2nnc(-c3ccc(F)cc3)n2)CCO1. The molecule has 1 saturated heterocycles. The van der Waals surface area contributed by atoms with Crippen molar-refractivity contribution < 1.29 is 13.9 Å². The molecule has 152 valence electrons. The van der Waals surface area contributed by atoms with Crippen LogP contribution in [0.4, 0.5) is 4.39 Å². The number of halogens is 1. The third-order valence-electron chi connectivity index (χ3n) is 4.66. The molecule has 29 heavy (non-hydrogen) atoms. The van der Waals surface area contributed by atoms with E-state index in [0.29, 0.717) is 56.3 Å². The fourth-order valence-electron chi connectivity index (χ4n) is 3.12. The molecule has 0 spiro atoms. The van der Waals surface area contributed by atoms with Gasteiger partial charge in [0.25, 0.3) is 0 Å². The summed E-state index contributed by atoms with van der Waals surface area (Å²) in [4.78, 5) is 15.8. The highest BCUT2D eigenvalue weighted by atomic mass is 19.1. The number of carbonyl (C=O) groups excluding carboxylic acids is 1. The number of benzene rings is 1. The molecule has 1 atom stereocenters. The molecular weight excluding hydrogens is 381 g/mol. The van der Waals surface area contributed by atoms with Crippen molar-refractivity contribution in [1.82, 2.24) is 45.3 Å². The van der Waals surface area contributed by atoms with Crippen LogP contribution in [0.5, 0.6) is 0 Å². The Balaban J connectivity index is 1.28. The van der Waals surface area contributed by atoms with E-state index in [4.69, 9.17) is 4.74 Å². The number of morpholine rings is 1. The van der Waals surface area contributed by atoms with E-state index >= 15 is 0 Å². The van der Waals surface area contributed by atoms with Crippen LogP contribution in [-0.2, 0) is 23.1 Å². The van der Waals surface area contributed by atoms with Gasteiger partial charge in [0, 0.05) is 25.6 Å². The second-order valence-corrected chi connectivity index (χ2v) is 6.68. The quantitative estimate of drug-likeness (QED) is 0.582. The fraction of sp³-hybridized carbons (Fsp3) is 0.471. The average molecular weight is 401 g/mol. The number of hydrogen-bond acceptors (Lipinski definition) is 8. The number of hydrogen-bond donors (Lipinski definition) is 0. The number of rotatable bonds is 6. The zero-order chi connectivity index (χ0) is 20.2. The lowest BCUT2D eigenvalue weighted by Crippen LogP contribution is -2.42. The van der Waals surface area contributed by atoms with Gasteiger partial charge < -0.3 is 9.64 Å². The van der Waals surface area contributed by atoms with E-state index in [2.05, 4.69) is 30.9 Å². The zero-order valence-electron chi connectivity index (χ0n) is 15.8. The van der Waals surface area contributed by atoms with Gasteiger partial charge in [0.05, 0.1) is 19.7 Å². The number of amides is 1. The van der Waals surface area contributed by atoms with Gasteiger partial charge in [-0.2, -0.15) is 4.80 Å². The van der Waals surface area contributed by atoms with Crippen molar-refractivity contribution in [1.29, 1.82) is 0 Å². The van der Waals surface area contributed by atoms with E-state index in [1.807, 2.05) is 0 Å². The smallest absolute Gasteiger partial charge is 0.222 e. The van der Waals surface area contributed by atoms with Crippen molar-refractivity contribution >= 4 is 5.91 Å². The lowest BCUT2D eigenvalue weighted by atomic mass is 10.2. The third kappa shape index (κ3) is 4.42. The summed E-state index contributed by atoms with van der Waals surface area (Å²) in [5, 5.41) is 23.6. The highest BCUT2D eigenvalue weighted by Gasteiger charge is 2.28. The van der Waals surface area contributed by atoms with Crippen LogP contribution in [0, 0.1) is 5.82 Å². The number of ether oxygens (including phenoxy) is 1. The monoisotopic (exact) mass is 401 g/mol. The maximum atomic E-state index is 13.0. The molecule has 1 amide bonds. The molecule has 0 radical (unpaired) electrons. The number of nitrogens with zero attached hydrogens (tertiary/aromatic N) is 9. The molecular formula is C17H20FN9O2. The molecule has 1 aliphatic rings. The van der Waals surface area contributed by atoms with Crippen molar-refractivity contribution in [2.24, 2.45) is 7.05 Å². The van der Waals surface area contributed by atoms with E-state index < -0.39 is 0 Å².